The quantitative estimate of drug-likeness (QED) is 0.845. The third kappa shape index (κ3) is 2.06. The van der Waals surface area contributed by atoms with Gasteiger partial charge in [0.2, 0.25) is 0 Å². The molecule has 3 nitrogen and oxygen atoms in total. The van der Waals surface area contributed by atoms with E-state index in [1.54, 1.807) is 6.92 Å². The molecule has 1 atom stereocenters. The van der Waals surface area contributed by atoms with Crippen LogP contribution in [0.15, 0.2) is 18.2 Å². The van der Waals surface area contributed by atoms with Gasteiger partial charge in [-0.05, 0) is 19.4 Å². The number of benzene rings is 1. The summed E-state index contributed by atoms with van der Waals surface area (Å²) in [4.78, 5) is 0. The zero-order valence-electron chi connectivity index (χ0n) is 9.82. The molecule has 0 saturated carbocycles. The minimum atomic E-state index is -0.980. The van der Waals surface area contributed by atoms with E-state index < -0.39 is 5.60 Å². The molecule has 88 valence electrons. The lowest BCUT2D eigenvalue weighted by Gasteiger charge is -2.25. The molecule has 0 saturated heterocycles. The first kappa shape index (κ1) is 11.4. The van der Waals surface area contributed by atoms with Gasteiger partial charge in [0.05, 0.1) is 13.2 Å². The van der Waals surface area contributed by atoms with Crippen LogP contribution in [0.25, 0.3) is 0 Å². The van der Waals surface area contributed by atoms with Crippen molar-refractivity contribution in [2.45, 2.75) is 25.9 Å². The highest BCUT2D eigenvalue weighted by molar-refractivity contribution is 5.46. The van der Waals surface area contributed by atoms with Crippen LogP contribution in [-0.4, -0.2) is 24.9 Å². The Morgan fingerprint density at radius 1 is 1.50 bits per heavy atom. The van der Waals surface area contributed by atoms with Crippen LogP contribution in [0.2, 0.25) is 0 Å². The van der Waals surface area contributed by atoms with Crippen molar-refractivity contribution in [3.63, 3.8) is 0 Å². The SMILES string of the molecule is CCOCC(C)(O)c1cccc2c1OCC2. The third-order valence-electron chi connectivity index (χ3n) is 2.88. The van der Waals surface area contributed by atoms with Crippen LogP contribution in [0.1, 0.15) is 25.0 Å². The minimum absolute atomic E-state index is 0.295. The Hall–Kier alpha value is -1.06. The highest BCUT2D eigenvalue weighted by atomic mass is 16.5. The Bertz CT molecular complexity index is 371. The summed E-state index contributed by atoms with van der Waals surface area (Å²) in [6.07, 6.45) is 0.924. The molecule has 2 rings (SSSR count). The van der Waals surface area contributed by atoms with Gasteiger partial charge in [-0.15, -0.1) is 0 Å². The Labute approximate surface area is 96.0 Å². The number of ether oxygens (including phenoxy) is 2. The van der Waals surface area contributed by atoms with Gasteiger partial charge in [0.15, 0.2) is 0 Å². The average molecular weight is 222 g/mol. The predicted molar refractivity (Wildman–Crippen MR) is 61.7 cm³/mol. The van der Waals surface area contributed by atoms with Crippen LogP contribution < -0.4 is 4.74 Å². The van der Waals surface area contributed by atoms with E-state index in [2.05, 4.69) is 0 Å². The topological polar surface area (TPSA) is 38.7 Å². The number of fused-ring (bicyclic) bond motifs is 1. The van der Waals surface area contributed by atoms with Crippen LogP contribution in [0.5, 0.6) is 5.75 Å². The molecule has 0 amide bonds. The van der Waals surface area contributed by atoms with Crippen molar-refractivity contribution in [3.8, 4) is 5.75 Å². The molecule has 1 aliphatic heterocycles. The van der Waals surface area contributed by atoms with Gasteiger partial charge in [-0.1, -0.05) is 18.2 Å². The van der Waals surface area contributed by atoms with E-state index in [-0.39, 0.29) is 0 Å². The van der Waals surface area contributed by atoms with Gasteiger partial charge in [0.25, 0.3) is 0 Å². The second-order valence-corrected chi connectivity index (χ2v) is 4.30. The zero-order chi connectivity index (χ0) is 11.6. The lowest BCUT2D eigenvalue weighted by molar-refractivity contribution is -0.0356. The summed E-state index contributed by atoms with van der Waals surface area (Å²) in [7, 11) is 0. The Morgan fingerprint density at radius 3 is 3.06 bits per heavy atom. The van der Waals surface area contributed by atoms with Gasteiger partial charge in [-0.25, -0.2) is 0 Å². The Kier molecular flexibility index (Phi) is 3.17. The summed E-state index contributed by atoms with van der Waals surface area (Å²) in [5, 5.41) is 10.4. The maximum absolute atomic E-state index is 10.4. The van der Waals surface area contributed by atoms with Gasteiger partial charge < -0.3 is 14.6 Å². The summed E-state index contributed by atoms with van der Waals surface area (Å²) in [6.45, 7) is 5.29. The van der Waals surface area contributed by atoms with E-state index in [0.29, 0.717) is 19.8 Å². The normalized spacial score (nSPS) is 17.7. The van der Waals surface area contributed by atoms with Crippen LogP contribution >= 0.6 is 0 Å². The van der Waals surface area contributed by atoms with Crippen molar-refractivity contribution < 1.29 is 14.6 Å². The molecule has 1 aromatic rings. The maximum atomic E-state index is 10.4. The molecule has 1 aromatic carbocycles. The number of aliphatic hydroxyl groups is 1. The predicted octanol–water partition coefficient (Wildman–Crippen LogP) is 1.87. The lowest BCUT2D eigenvalue weighted by atomic mass is 9.94. The molecule has 0 aliphatic carbocycles. The van der Waals surface area contributed by atoms with Crippen molar-refractivity contribution in [1.29, 1.82) is 0 Å². The van der Waals surface area contributed by atoms with Crippen molar-refractivity contribution in [2.24, 2.45) is 0 Å². The molecular formula is C13H18O3. The highest BCUT2D eigenvalue weighted by Gasteiger charge is 2.30. The highest BCUT2D eigenvalue weighted by Crippen LogP contribution is 2.36. The smallest absolute Gasteiger partial charge is 0.128 e. The first-order valence-electron chi connectivity index (χ1n) is 5.70. The molecule has 16 heavy (non-hydrogen) atoms. The monoisotopic (exact) mass is 222 g/mol. The average Bonchev–Trinajstić information content (AvgIpc) is 2.73. The molecule has 1 aliphatic rings. The molecule has 3 heteroatoms. The molecule has 0 fully saturated rings. The second kappa shape index (κ2) is 4.44. The lowest BCUT2D eigenvalue weighted by Crippen LogP contribution is -2.28. The van der Waals surface area contributed by atoms with Crippen LogP contribution in [-0.2, 0) is 16.8 Å². The Morgan fingerprint density at radius 2 is 2.31 bits per heavy atom. The van der Waals surface area contributed by atoms with Crippen molar-refractivity contribution in [2.75, 3.05) is 19.8 Å². The molecular weight excluding hydrogens is 204 g/mol. The van der Waals surface area contributed by atoms with E-state index in [9.17, 15) is 5.11 Å². The fourth-order valence-electron chi connectivity index (χ4n) is 2.02. The van der Waals surface area contributed by atoms with Gasteiger partial charge in [0.1, 0.15) is 11.4 Å². The van der Waals surface area contributed by atoms with E-state index >= 15 is 0 Å². The van der Waals surface area contributed by atoms with E-state index in [0.717, 1.165) is 17.7 Å². The summed E-state index contributed by atoms with van der Waals surface area (Å²) in [6, 6.07) is 5.91. The van der Waals surface area contributed by atoms with Gasteiger partial charge in [0, 0.05) is 18.6 Å². The maximum Gasteiger partial charge on any atom is 0.128 e. The minimum Gasteiger partial charge on any atom is -0.493 e. The van der Waals surface area contributed by atoms with Crippen molar-refractivity contribution in [3.05, 3.63) is 29.3 Å². The number of hydrogen-bond donors (Lipinski definition) is 1. The van der Waals surface area contributed by atoms with Gasteiger partial charge in [-0.2, -0.15) is 0 Å². The van der Waals surface area contributed by atoms with E-state index in [1.807, 2.05) is 25.1 Å². The molecule has 1 N–H and O–H groups in total. The van der Waals surface area contributed by atoms with E-state index in [1.165, 1.54) is 5.56 Å². The molecule has 0 radical (unpaired) electrons. The summed E-state index contributed by atoms with van der Waals surface area (Å²) < 4.78 is 10.9. The largest absolute Gasteiger partial charge is 0.493 e. The summed E-state index contributed by atoms with van der Waals surface area (Å²) >= 11 is 0. The molecule has 0 bridgehead atoms. The van der Waals surface area contributed by atoms with Gasteiger partial charge >= 0.3 is 0 Å². The third-order valence-corrected chi connectivity index (χ3v) is 2.88. The van der Waals surface area contributed by atoms with Crippen molar-refractivity contribution >= 4 is 0 Å². The van der Waals surface area contributed by atoms with E-state index in [4.69, 9.17) is 9.47 Å². The Balaban J connectivity index is 2.29. The van der Waals surface area contributed by atoms with Crippen LogP contribution in [0.4, 0.5) is 0 Å². The van der Waals surface area contributed by atoms with Crippen LogP contribution in [0, 0.1) is 0 Å². The summed E-state index contributed by atoms with van der Waals surface area (Å²) in [5.74, 6) is 0.840. The first-order chi connectivity index (χ1) is 7.65. The fourth-order valence-corrected chi connectivity index (χ4v) is 2.02. The number of para-hydroxylation sites is 1. The zero-order valence-corrected chi connectivity index (χ0v) is 9.82. The number of hydrogen-bond acceptors (Lipinski definition) is 3. The second-order valence-electron chi connectivity index (χ2n) is 4.30. The summed E-state index contributed by atoms with van der Waals surface area (Å²) in [5.41, 5.74) is 1.02. The molecule has 0 spiro atoms. The van der Waals surface area contributed by atoms with Gasteiger partial charge in [-0.3, -0.25) is 0 Å². The first-order valence-corrected chi connectivity index (χ1v) is 5.70. The van der Waals surface area contributed by atoms with Crippen LogP contribution in [0.3, 0.4) is 0 Å². The molecule has 1 unspecified atom stereocenters. The fraction of sp³-hybridized carbons (Fsp3) is 0.538. The number of rotatable bonds is 4. The molecule has 1 heterocycles. The standard InChI is InChI=1S/C13H18O3/c1-3-15-9-13(2,14)11-6-4-5-10-7-8-16-12(10)11/h4-6,14H,3,7-9H2,1-2H3. The molecule has 0 aromatic heterocycles. The van der Waals surface area contributed by atoms with Crippen molar-refractivity contribution in [1.82, 2.24) is 0 Å².